The number of rotatable bonds is 4. The highest BCUT2D eigenvalue weighted by molar-refractivity contribution is 5.82. The molecule has 9 nitrogen and oxygen atoms in total. The van der Waals surface area contributed by atoms with Crippen LogP contribution >= 0.6 is 0 Å². The van der Waals surface area contributed by atoms with Crippen LogP contribution in [0, 0.1) is 27.7 Å². The van der Waals surface area contributed by atoms with Gasteiger partial charge in [0.2, 0.25) is 5.95 Å². The van der Waals surface area contributed by atoms with Crippen LogP contribution in [0.1, 0.15) is 28.4 Å². The molecule has 0 atom stereocenters. The lowest BCUT2D eigenvalue weighted by atomic mass is 10.3. The molecule has 3 aromatic rings. The van der Waals surface area contributed by atoms with Gasteiger partial charge in [-0.2, -0.15) is 5.10 Å². The maximum atomic E-state index is 11.5. The summed E-state index contributed by atoms with van der Waals surface area (Å²) in [6.07, 6.45) is 1.64. The monoisotopic (exact) mass is 327 g/mol. The Hall–Kier alpha value is -3.23. The zero-order valence-electron chi connectivity index (χ0n) is 13.8. The second kappa shape index (κ2) is 6.11. The lowest BCUT2D eigenvalue weighted by Crippen LogP contribution is -2.15. The Morgan fingerprint density at radius 2 is 2.04 bits per heavy atom. The lowest BCUT2D eigenvalue weighted by molar-refractivity contribution is 0.394. The topological polar surface area (TPSA) is 114 Å². The summed E-state index contributed by atoms with van der Waals surface area (Å²) >= 11 is 0. The maximum Gasteiger partial charge on any atom is 0.274 e. The Labute approximate surface area is 137 Å². The highest BCUT2D eigenvalue weighted by Crippen LogP contribution is 2.19. The molecule has 0 aliphatic rings. The molecular formula is C15H17N7O2. The molecule has 0 radical (unpaired) electrons. The van der Waals surface area contributed by atoms with Crippen LogP contribution in [0.5, 0.6) is 0 Å². The van der Waals surface area contributed by atoms with Gasteiger partial charge in [-0.3, -0.25) is 14.3 Å². The van der Waals surface area contributed by atoms with E-state index < -0.39 is 0 Å². The van der Waals surface area contributed by atoms with Gasteiger partial charge in [0, 0.05) is 23.0 Å². The zero-order chi connectivity index (χ0) is 17.3. The molecule has 124 valence electrons. The van der Waals surface area contributed by atoms with E-state index in [1.54, 1.807) is 13.1 Å². The molecule has 9 heteroatoms. The molecule has 3 rings (SSSR count). The van der Waals surface area contributed by atoms with E-state index in [4.69, 9.17) is 4.52 Å². The first-order valence-corrected chi connectivity index (χ1v) is 7.31. The molecule has 0 unspecified atom stereocenters. The van der Waals surface area contributed by atoms with Crippen molar-refractivity contribution in [2.75, 3.05) is 5.43 Å². The molecule has 2 N–H and O–H groups in total. The minimum Gasteiger partial charge on any atom is -0.360 e. The molecule has 0 bridgehead atoms. The van der Waals surface area contributed by atoms with Crippen molar-refractivity contribution < 1.29 is 4.52 Å². The van der Waals surface area contributed by atoms with Gasteiger partial charge in [-0.15, -0.1) is 10.2 Å². The second-order valence-corrected chi connectivity index (χ2v) is 5.42. The molecule has 0 fully saturated rings. The predicted octanol–water partition coefficient (Wildman–Crippen LogP) is 1.62. The number of H-pyrrole nitrogens is 1. The lowest BCUT2D eigenvalue weighted by Gasteiger charge is -2.03. The normalized spacial score (nSPS) is 11.3. The zero-order valence-corrected chi connectivity index (χ0v) is 13.8. The quantitative estimate of drug-likeness (QED) is 0.556. The van der Waals surface area contributed by atoms with Crippen LogP contribution in [0.15, 0.2) is 26.6 Å². The summed E-state index contributed by atoms with van der Waals surface area (Å²) in [5.41, 5.74) is 5.53. The van der Waals surface area contributed by atoms with Crippen molar-refractivity contribution in [1.82, 2.24) is 24.9 Å². The predicted molar refractivity (Wildman–Crippen MR) is 88.6 cm³/mol. The number of nitrogens with one attached hydrogen (secondary N) is 2. The molecule has 0 amide bonds. The number of aryl methyl sites for hydroxylation is 3. The number of hydrazone groups is 1. The summed E-state index contributed by atoms with van der Waals surface area (Å²) < 4.78 is 7.11. The van der Waals surface area contributed by atoms with Crippen LogP contribution in [0.25, 0.3) is 5.82 Å². The van der Waals surface area contributed by atoms with Gasteiger partial charge in [-0.1, -0.05) is 5.16 Å². The highest BCUT2D eigenvalue weighted by atomic mass is 16.5. The van der Waals surface area contributed by atoms with Crippen molar-refractivity contribution in [3.63, 3.8) is 0 Å². The van der Waals surface area contributed by atoms with E-state index in [1.807, 2.05) is 37.5 Å². The Balaban J connectivity index is 1.83. The molecule has 0 spiro atoms. The van der Waals surface area contributed by atoms with E-state index in [0.29, 0.717) is 5.69 Å². The SMILES string of the molecule is Cc1cc(-n2c(C)cc(/C=N\Nc3nnc(C)c(=O)[nH]3)c2C)no1. The van der Waals surface area contributed by atoms with Gasteiger partial charge in [0.15, 0.2) is 5.82 Å². The van der Waals surface area contributed by atoms with Gasteiger partial charge in [0.1, 0.15) is 11.5 Å². The van der Waals surface area contributed by atoms with Gasteiger partial charge in [0.25, 0.3) is 5.56 Å². The van der Waals surface area contributed by atoms with Crippen molar-refractivity contribution in [2.45, 2.75) is 27.7 Å². The fourth-order valence-corrected chi connectivity index (χ4v) is 2.34. The molecular weight excluding hydrogens is 310 g/mol. The summed E-state index contributed by atoms with van der Waals surface area (Å²) in [6.45, 7) is 7.37. The van der Waals surface area contributed by atoms with Crippen LogP contribution < -0.4 is 11.0 Å². The van der Waals surface area contributed by atoms with Crippen molar-refractivity contribution in [3.8, 4) is 5.82 Å². The van der Waals surface area contributed by atoms with E-state index in [-0.39, 0.29) is 11.5 Å². The van der Waals surface area contributed by atoms with Crippen LogP contribution in [0.3, 0.4) is 0 Å². The minimum absolute atomic E-state index is 0.183. The molecule has 0 saturated carbocycles. The van der Waals surface area contributed by atoms with Crippen LogP contribution in [-0.2, 0) is 0 Å². The third-order valence-corrected chi connectivity index (χ3v) is 3.55. The largest absolute Gasteiger partial charge is 0.360 e. The highest BCUT2D eigenvalue weighted by Gasteiger charge is 2.12. The number of aromatic nitrogens is 5. The van der Waals surface area contributed by atoms with Crippen molar-refractivity contribution in [1.29, 1.82) is 0 Å². The standard InChI is InChI=1S/C15H17N7O2/c1-8-5-12(11(4)22(8)13-6-9(2)24-21-13)7-16-19-15-17-14(23)10(3)18-20-15/h5-7H,1-4H3,(H2,17,19,20,23)/b16-7-. The summed E-state index contributed by atoms with van der Waals surface area (Å²) in [5.74, 6) is 1.66. The van der Waals surface area contributed by atoms with E-state index in [1.165, 1.54) is 0 Å². The molecule has 0 aromatic carbocycles. The average Bonchev–Trinajstić information content (AvgIpc) is 3.06. The van der Waals surface area contributed by atoms with Gasteiger partial charge in [0.05, 0.1) is 6.21 Å². The Bertz CT molecular complexity index is 965. The third kappa shape index (κ3) is 2.96. The minimum atomic E-state index is -0.303. The van der Waals surface area contributed by atoms with Crippen LogP contribution in [0.4, 0.5) is 5.95 Å². The average molecular weight is 327 g/mol. The van der Waals surface area contributed by atoms with Gasteiger partial charge in [-0.05, 0) is 33.8 Å². The molecule has 3 aromatic heterocycles. The number of anilines is 1. The number of nitrogens with zero attached hydrogens (tertiary/aromatic N) is 5. The van der Waals surface area contributed by atoms with Crippen molar-refractivity contribution in [3.05, 3.63) is 50.9 Å². The number of hydrogen-bond donors (Lipinski definition) is 2. The summed E-state index contributed by atoms with van der Waals surface area (Å²) in [6, 6.07) is 3.85. The first-order valence-electron chi connectivity index (χ1n) is 7.31. The summed E-state index contributed by atoms with van der Waals surface area (Å²) in [7, 11) is 0. The maximum absolute atomic E-state index is 11.5. The summed E-state index contributed by atoms with van der Waals surface area (Å²) in [5, 5.41) is 15.7. The Morgan fingerprint density at radius 1 is 1.25 bits per heavy atom. The van der Waals surface area contributed by atoms with Crippen molar-refractivity contribution in [2.24, 2.45) is 5.10 Å². The second-order valence-electron chi connectivity index (χ2n) is 5.42. The van der Waals surface area contributed by atoms with E-state index in [9.17, 15) is 4.79 Å². The van der Waals surface area contributed by atoms with E-state index >= 15 is 0 Å². The van der Waals surface area contributed by atoms with Crippen molar-refractivity contribution >= 4 is 12.2 Å². The van der Waals surface area contributed by atoms with Crippen LogP contribution in [-0.4, -0.2) is 31.1 Å². The molecule has 3 heterocycles. The molecule has 0 aliphatic carbocycles. The van der Waals surface area contributed by atoms with Gasteiger partial charge >= 0.3 is 0 Å². The Morgan fingerprint density at radius 3 is 2.71 bits per heavy atom. The smallest absolute Gasteiger partial charge is 0.274 e. The third-order valence-electron chi connectivity index (χ3n) is 3.55. The molecule has 0 saturated heterocycles. The molecule has 24 heavy (non-hydrogen) atoms. The van der Waals surface area contributed by atoms with Gasteiger partial charge in [-0.25, -0.2) is 5.43 Å². The summed E-state index contributed by atoms with van der Waals surface area (Å²) in [4.78, 5) is 14.0. The van der Waals surface area contributed by atoms with Crippen LogP contribution in [0.2, 0.25) is 0 Å². The van der Waals surface area contributed by atoms with E-state index in [2.05, 4.69) is 30.9 Å². The fraction of sp³-hybridized carbons (Fsp3) is 0.267. The first-order chi connectivity index (χ1) is 11.5. The van der Waals surface area contributed by atoms with E-state index in [0.717, 1.165) is 28.5 Å². The number of aromatic amines is 1. The number of hydrogen-bond acceptors (Lipinski definition) is 7. The van der Waals surface area contributed by atoms with Gasteiger partial charge < -0.3 is 4.52 Å². The fourth-order valence-electron chi connectivity index (χ4n) is 2.34. The molecule has 0 aliphatic heterocycles. The Kier molecular flexibility index (Phi) is 3.98. The first kappa shape index (κ1) is 15.7.